The van der Waals surface area contributed by atoms with E-state index in [0.717, 1.165) is 61.2 Å². The molecule has 30 heavy (non-hydrogen) atoms. The van der Waals surface area contributed by atoms with Crippen LogP contribution in [0.1, 0.15) is 58.8 Å². The van der Waals surface area contributed by atoms with Crippen LogP contribution in [0.3, 0.4) is 0 Å². The highest BCUT2D eigenvalue weighted by Gasteiger charge is 2.30. The SMILES string of the molecule is CCN(C(=O)C(C)Sc1nnc(-c2cccs2)n1CC1CCCO1)C1CCCCC1. The van der Waals surface area contributed by atoms with Crippen molar-refractivity contribution in [3.8, 4) is 10.7 Å². The number of rotatable bonds is 8. The molecule has 2 unspecified atom stereocenters. The fraction of sp³-hybridized carbons (Fsp3) is 0.682. The molecule has 3 heterocycles. The summed E-state index contributed by atoms with van der Waals surface area (Å²) in [6.07, 6.45) is 8.39. The Hall–Kier alpha value is -1.38. The minimum Gasteiger partial charge on any atom is -0.376 e. The number of ether oxygens (including phenoxy) is 1. The van der Waals surface area contributed by atoms with Crippen molar-refractivity contribution in [3.63, 3.8) is 0 Å². The van der Waals surface area contributed by atoms with Crippen molar-refractivity contribution in [2.75, 3.05) is 13.2 Å². The molecule has 8 heteroatoms. The van der Waals surface area contributed by atoms with Gasteiger partial charge in [-0.1, -0.05) is 37.1 Å². The van der Waals surface area contributed by atoms with E-state index in [1.54, 1.807) is 11.3 Å². The first-order valence-electron chi connectivity index (χ1n) is 11.2. The Balaban J connectivity index is 1.51. The number of carbonyl (C=O) groups excluding carboxylic acids is 1. The standard InChI is InChI=1S/C22H32N4O2S2/c1-3-25(17-9-5-4-6-10-17)21(27)16(2)30-22-24-23-20(19-12-8-14-29-19)26(22)15-18-11-7-13-28-18/h8,12,14,16-18H,3-7,9-11,13,15H2,1-2H3. The summed E-state index contributed by atoms with van der Waals surface area (Å²) in [5.41, 5.74) is 0. The topological polar surface area (TPSA) is 60.2 Å². The van der Waals surface area contributed by atoms with E-state index in [-0.39, 0.29) is 17.3 Å². The largest absolute Gasteiger partial charge is 0.376 e. The molecule has 1 aliphatic carbocycles. The number of nitrogens with zero attached hydrogens (tertiary/aromatic N) is 4. The zero-order chi connectivity index (χ0) is 20.9. The second-order valence-corrected chi connectivity index (χ2v) is 10.5. The maximum absolute atomic E-state index is 13.3. The van der Waals surface area contributed by atoms with Gasteiger partial charge in [0.15, 0.2) is 11.0 Å². The molecule has 6 nitrogen and oxygen atoms in total. The van der Waals surface area contributed by atoms with Gasteiger partial charge in [0.2, 0.25) is 5.91 Å². The smallest absolute Gasteiger partial charge is 0.236 e. The van der Waals surface area contributed by atoms with Crippen LogP contribution in [0.15, 0.2) is 22.7 Å². The molecule has 0 radical (unpaired) electrons. The first-order valence-corrected chi connectivity index (χ1v) is 13.0. The van der Waals surface area contributed by atoms with Crippen LogP contribution >= 0.6 is 23.1 Å². The van der Waals surface area contributed by atoms with Crippen LogP contribution in [0.2, 0.25) is 0 Å². The average Bonchev–Trinajstić information content (AvgIpc) is 3.53. The Labute approximate surface area is 187 Å². The van der Waals surface area contributed by atoms with E-state index in [9.17, 15) is 4.79 Å². The molecule has 2 atom stereocenters. The zero-order valence-corrected chi connectivity index (χ0v) is 19.6. The molecule has 0 aromatic carbocycles. The van der Waals surface area contributed by atoms with E-state index in [1.165, 1.54) is 31.0 Å². The van der Waals surface area contributed by atoms with E-state index in [4.69, 9.17) is 4.74 Å². The number of thioether (sulfide) groups is 1. The first kappa shape index (κ1) is 21.8. The molecule has 1 saturated heterocycles. The number of amides is 1. The van der Waals surface area contributed by atoms with Crippen molar-refractivity contribution in [3.05, 3.63) is 17.5 Å². The molecular formula is C22H32N4O2S2. The molecule has 164 valence electrons. The van der Waals surface area contributed by atoms with Crippen LogP contribution in [0.25, 0.3) is 10.7 Å². The van der Waals surface area contributed by atoms with Crippen molar-refractivity contribution < 1.29 is 9.53 Å². The van der Waals surface area contributed by atoms with Gasteiger partial charge in [0.25, 0.3) is 0 Å². The number of hydrogen-bond acceptors (Lipinski definition) is 6. The summed E-state index contributed by atoms with van der Waals surface area (Å²) in [6, 6.07) is 4.50. The summed E-state index contributed by atoms with van der Waals surface area (Å²) in [4.78, 5) is 16.5. The molecule has 0 N–H and O–H groups in total. The third-order valence-corrected chi connectivity index (χ3v) is 8.07. The van der Waals surface area contributed by atoms with Crippen LogP contribution in [-0.2, 0) is 16.1 Å². The third kappa shape index (κ3) is 4.92. The predicted molar refractivity (Wildman–Crippen MR) is 122 cm³/mol. The van der Waals surface area contributed by atoms with Crippen molar-refractivity contribution in [2.24, 2.45) is 0 Å². The molecule has 1 saturated carbocycles. The molecule has 2 aliphatic rings. The molecular weight excluding hydrogens is 416 g/mol. The lowest BCUT2D eigenvalue weighted by Crippen LogP contribution is -2.44. The van der Waals surface area contributed by atoms with E-state index < -0.39 is 0 Å². The third-order valence-electron chi connectivity index (χ3n) is 6.14. The second kappa shape index (κ2) is 10.3. The van der Waals surface area contributed by atoms with Crippen LogP contribution in [0.4, 0.5) is 0 Å². The lowest BCUT2D eigenvalue weighted by atomic mass is 9.94. The molecule has 1 aliphatic heterocycles. The van der Waals surface area contributed by atoms with Gasteiger partial charge in [-0.15, -0.1) is 21.5 Å². The molecule has 2 aromatic heterocycles. The monoisotopic (exact) mass is 448 g/mol. The lowest BCUT2D eigenvalue weighted by Gasteiger charge is -2.35. The number of carbonyl (C=O) groups is 1. The molecule has 2 aromatic rings. The highest BCUT2D eigenvalue weighted by atomic mass is 32.2. The Morgan fingerprint density at radius 3 is 2.80 bits per heavy atom. The molecule has 0 spiro atoms. The van der Waals surface area contributed by atoms with Gasteiger partial charge in [0.05, 0.1) is 22.8 Å². The van der Waals surface area contributed by atoms with Crippen LogP contribution < -0.4 is 0 Å². The van der Waals surface area contributed by atoms with Gasteiger partial charge < -0.3 is 9.64 Å². The van der Waals surface area contributed by atoms with Gasteiger partial charge in [0, 0.05) is 19.2 Å². The molecule has 4 rings (SSSR count). The predicted octanol–water partition coefficient (Wildman–Crippen LogP) is 4.85. The highest BCUT2D eigenvalue weighted by Crippen LogP contribution is 2.32. The Morgan fingerprint density at radius 1 is 1.30 bits per heavy atom. The van der Waals surface area contributed by atoms with Crippen molar-refractivity contribution in [1.29, 1.82) is 0 Å². The lowest BCUT2D eigenvalue weighted by molar-refractivity contribution is -0.133. The van der Waals surface area contributed by atoms with Crippen molar-refractivity contribution in [1.82, 2.24) is 19.7 Å². The van der Waals surface area contributed by atoms with E-state index in [0.29, 0.717) is 6.04 Å². The average molecular weight is 449 g/mol. The second-order valence-electron chi connectivity index (χ2n) is 8.21. The normalized spacial score (nSPS) is 21.1. The van der Waals surface area contributed by atoms with Gasteiger partial charge in [-0.05, 0) is 51.0 Å². The zero-order valence-electron chi connectivity index (χ0n) is 18.0. The quantitative estimate of drug-likeness (QED) is 0.541. The number of hydrogen-bond donors (Lipinski definition) is 0. The summed E-state index contributed by atoms with van der Waals surface area (Å²) >= 11 is 3.20. The highest BCUT2D eigenvalue weighted by molar-refractivity contribution is 8.00. The molecule has 1 amide bonds. The van der Waals surface area contributed by atoms with E-state index in [1.807, 2.05) is 13.0 Å². The van der Waals surface area contributed by atoms with Crippen molar-refractivity contribution in [2.45, 2.75) is 87.9 Å². The minimum absolute atomic E-state index is 0.185. The Bertz CT molecular complexity index is 811. The molecule has 2 fully saturated rings. The van der Waals surface area contributed by atoms with Crippen molar-refractivity contribution >= 4 is 29.0 Å². The summed E-state index contributed by atoms with van der Waals surface area (Å²) in [7, 11) is 0. The van der Waals surface area contributed by atoms with Gasteiger partial charge in [-0.3, -0.25) is 9.36 Å². The van der Waals surface area contributed by atoms with Gasteiger partial charge in [0.1, 0.15) is 0 Å². The summed E-state index contributed by atoms with van der Waals surface area (Å²) < 4.78 is 8.04. The Morgan fingerprint density at radius 2 is 2.13 bits per heavy atom. The van der Waals surface area contributed by atoms with Crippen LogP contribution in [-0.4, -0.2) is 56.1 Å². The number of thiophene rings is 1. The van der Waals surface area contributed by atoms with Crippen LogP contribution in [0, 0.1) is 0 Å². The van der Waals surface area contributed by atoms with Gasteiger partial charge >= 0.3 is 0 Å². The van der Waals surface area contributed by atoms with Gasteiger partial charge in [-0.25, -0.2) is 0 Å². The Kier molecular flexibility index (Phi) is 7.49. The van der Waals surface area contributed by atoms with Gasteiger partial charge in [-0.2, -0.15) is 0 Å². The maximum atomic E-state index is 13.3. The summed E-state index contributed by atoms with van der Waals surface area (Å²) in [5.74, 6) is 1.10. The summed E-state index contributed by atoms with van der Waals surface area (Å²) in [5, 5.41) is 11.7. The molecule has 0 bridgehead atoms. The first-order chi connectivity index (χ1) is 14.7. The van der Waals surface area contributed by atoms with E-state index >= 15 is 0 Å². The minimum atomic E-state index is -0.185. The summed E-state index contributed by atoms with van der Waals surface area (Å²) in [6.45, 7) is 6.44. The number of aromatic nitrogens is 3. The fourth-order valence-corrected chi connectivity index (χ4v) is 6.20. The van der Waals surface area contributed by atoms with E-state index in [2.05, 4.69) is 38.0 Å². The van der Waals surface area contributed by atoms with Crippen LogP contribution in [0.5, 0.6) is 0 Å². The fourth-order valence-electron chi connectivity index (χ4n) is 4.55. The maximum Gasteiger partial charge on any atom is 0.236 e.